The lowest BCUT2D eigenvalue weighted by Gasteiger charge is -2.20. The standard InChI is InChI=1S/C17H20N2O4/c1-4-12-13(11-8-6-5-7-9-11)18-23-14(12)15(20)19-10-17(2,3)22-16(19)21/h5-9,12,14H,4,10H2,1-3H3. The molecule has 6 heteroatoms. The van der Waals surface area contributed by atoms with Crippen LogP contribution in [-0.2, 0) is 14.4 Å². The fourth-order valence-electron chi connectivity index (χ4n) is 2.99. The fourth-order valence-corrected chi connectivity index (χ4v) is 2.99. The Balaban J connectivity index is 1.80. The first kappa shape index (κ1) is 15.5. The predicted octanol–water partition coefficient (Wildman–Crippen LogP) is 2.57. The largest absolute Gasteiger partial charge is 0.441 e. The molecule has 2 aliphatic rings. The summed E-state index contributed by atoms with van der Waals surface area (Å²) in [6.07, 6.45) is -0.709. The smallest absolute Gasteiger partial charge is 0.417 e. The Labute approximate surface area is 135 Å². The van der Waals surface area contributed by atoms with Crippen LogP contribution in [0.1, 0.15) is 32.8 Å². The number of oxime groups is 1. The number of hydrogen-bond donors (Lipinski definition) is 0. The van der Waals surface area contributed by atoms with E-state index in [-0.39, 0.29) is 18.4 Å². The number of carbonyl (C=O) groups excluding carboxylic acids is 2. The van der Waals surface area contributed by atoms with Gasteiger partial charge in [0.05, 0.1) is 18.2 Å². The lowest BCUT2D eigenvalue weighted by molar-refractivity contribution is -0.140. The average Bonchev–Trinajstić information content (AvgIpc) is 3.07. The zero-order valence-electron chi connectivity index (χ0n) is 13.5. The lowest BCUT2D eigenvalue weighted by Crippen LogP contribution is -2.44. The van der Waals surface area contributed by atoms with Gasteiger partial charge in [0.2, 0.25) is 6.10 Å². The van der Waals surface area contributed by atoms with Gasteiger partial charge in [-0.05, 0) is 25.8 Å². The quantitative estimate of drug-likeness (QED) is 0.859. The highest BCUT2D eigenvalue weighted by molar-refractivity contribution is 6.07. The number of benzene rings is 1. The van der Waals surface area contributed by atoms with Crippen LogP contribution in [0.4, 0.5) is 4.79 Å². The maximum atomic E-state index is 12.7. The Morgan fingerprint density at radius 3 is 2.61 bits per heavy atom. The van der Waals surface area contributed by atoms with Gasteiger partial charge >= 0.3 is 6.09 Å². The number of ether oxygens (including phenoxy) is 1. The first-order valence-electron chi connectivity index (χ1n) is 7.76. The number of imide groups is 1. The van der Waals surface area contributed by atoms with Gasteiger partial charge in [0.1, 0.15) is 5.60 Å². The topological polar surface area (TPSA) is 68.2 Å². The fraction of sp³-hybridized carbons (Fsp3) is 0.471. The van der Waals surface area contributed by atoms with Crippen LogP contribution in [0.25, 0.3) is 0 Å². The van der Waals surface area contributed by atoms with Crippen LogP contribution in [0.3, 0.4) is 0 Å². The number of amides is 2. The summed E-state index contributed by atoms with van der Waals surface area (Å²) in [6.45, 7) is 5.75. The highest BCUT2D eigenvalue weighted by Gasteiger charge is 2.48. The third-order valence-corrected chi connectivity index (χ3v) is 4.12. The Hall–Kier alpha value is -2.37. The minimum atomic E-state index is -0.781. The molecule has 2 aliphatic heterocycles. The van der Waals surface area contributed by atoms with E-state index < -0.39 is 17.8 Å². The van der Waals surface area contributed by atoms with E-state index in [1.807, 2.05) is 37.3 Å². The summed E-state index contributed by atoms with van der Waals surface area (Å²) in [7, 11) is 0. The summed E-state index contributed by atoms with van der Waals surface area (Å²) >= 11 is 0. The van der Waals surface area contributed by atoms with Crippen LogP contribution in [0.2, 0.25) is 0 Å². The normalized spacial score (nSPS) is 25.8. The van der Waals surface area contributed by atoms with Crippen LogP contribution in [0.15, 0.2) is 35.5 Å². The van der Waals surface area contributed by atoms with Crippen molar-refractivity contribution in [3.05, 3.63) is 35.9 Å². The zero-order valence-corrected chi connectivity index (χ0v) is 13.5. The third-order valence-electron chi connectivity index (χ3n) is 4.12. The molecule has 1 saturated heterocycles. The maximum absolute atomic E-state index is 12.7. The Morgan fingerprint density at radius 2 is 2.04 bits per heavy atom. The number of rotatable bonds is 3. The lowest BCUT2D eigenvalue weighted by atomic mass is 9.89. The molecule has 6 nitrogen and oxygen atoms in total. The number of carbonyl (C=O) groups is 2. The monoisotopic (exact) mass is 316 g/mol. The van der Waals surface area contributed by atoms with Gasteiger partial charge < -0.3 is 9.57 Å². The first-order chi connectivity index (χ1) is 10.9. The second kappa shape index (κ2) is 5.68. The summed E-state index contributed by atoms with van der Waals surface area (Å²) < 4.78 is 5.20. The first-order valence-corrected chi connectivity index (χ1v) is 7.76. The van der Waals surface area contributed by atoms with Crippen molar-refractivity contribution >= 4 is 17.7 Å². The van der Waals surface area contributed by atoms with E-state index in [1.165, 1.54) is 0 Å². The average molecular weight is 316 g/mol. The molecular formula is C17H20N2O4. The minimum absolute atomic E-state index is 0.179. The number of hydrogen-bond acceptors (Lipinski definition) is 5. The van der Waals surface area contributed by atoms with Crippen LogP contribution < -0.4 is 0 Å². The van der Waals surface area contributed by atoms with Crippen molar-refractivity contribution in [3.8, 4) is 0 Å². The molecule has 0 bridgehead atoms. The van der Waals surface area contributed by atoms with Gasteiger partial charge in [-0.2, -0.15) is 0 Å². The van der Waals surface area contributed by atoms with Crippen molar-refractivity contribution in [3.63, 3.8) is 0 Å². The molecule has 0 saturated carbocycles. The Morgan fingerprint density at radius 1 is 1.35 bits per heavy atom. The molecule has 2 amide bonds. The van der Waals surface area contributed by atoms with E-state index >= 15 is 0 Å². The van der Waals surface area contributed by atoms with Crippen molar-refractivity contribution < 1.29 is 19.2 Å². The molecular weight excluding hydrogens is 296 g/mol. The molecule has 0 N–H and O–H groups in total. The predicted molar refractivity (Wildman–Crippen MR) is 83.9 cm³/mol. The molecule has 122 valence electrons. The van der Waals surface area contributed by atoms with Crippen molar-refractivity contribution in [2.24, 2.45) is 11.1 Å². The van der Waals surface area contributed by atoms with Crippen molar-refractivity contribution in [1.29, 1.82) is 0 Å². The minimum Gasteiger partial charge on any atom is -0.441 e. The molecule has 0 radical (unpaired) electrons. The molecule has 1 aromatic rings. The molecule has 3 rings (SSSR count). The van der Waals surface area contributed by atoms with Gasteiger partial charge in [-0.25, -0.2) is 9.69 Å². The summed E-state index contributed by atoms with van der Waals surface area (Å²) in [5, 5.41) is 4.11. The number of nitrogens with zero attached hydrogens (tertiary/aromatic N) is 2. The van der Waals surface area contributed by atoms with Gasteiger partial charge in [0, 0.05) is 0 Å². The highest BCUT2D eigenvalue weighted by atomic mass is 16.7. The molecule has 0 aromatic heterocycles. The van der Waals surface area contributed by atoms with Crippen molar-refractivity contribution in [2.45, 2.75) is 38.9 Å². The summed E-state index contributed by atoms with van der Waals surface area (Å²) in [4.78, 5) is 31.2. The van der Waals surface area contributed by atoms with Gasteiger partial charge in [0.15, 0.2) is 0 Å². The van der Waals surface area contributed by atoms with Crippen LogP contribution in [-0.4, -0.2) is 40.9 Å². The van der Waals surface area contributed by atoms with Crippen LogP contribution in [0.5, 0.6) is 0 Å². The maximum Gasteiger partial charge on any atom is 0.417 e. The van der Waals surface area contributed by atoms with Gasteiger partial charge in [-0.1, -0.05) is 42.4 Å². The van der Waals surface area contributed by atoms with E-state index in [0.717, 1.165) is 16.2 Å². The zero-order chi connectivity index (χ0) is 16.6. The molecule has 2 heterocycles. The van der Waals surface area contributed by atoms with E-state index in [2.05, 4.69) is 5.16 Å². The second-order valence-electron chi connectivity index (χ2n) is 6.44. The summed E-state index contributed by atoms with van der Waals surface area (Å²) in [5.41, 5.74) is 1.01. The molecule has 2 atom stereocenters. The molecule has 0 aliphatic carbocycles. The Kier molecular flexibility index (Phi) is 3.83. The second-order valence-corrected chi connectivity index (χ2v) is 6.44. The molecule has 1 fully saturated rings. The van der Waals surface area contributed by atoms with Gasteiger partial charge in [-0.15, -0.1) is 0 Å². The van der Waals surface area contributed by atoms with E-state index in [0.29, 0.717) is 6.42 Å². The van der Waals surface area contributed by atoms with Crippen molar-refractivity contribution in [1.82, 2.24) is 4.90 Å². The SMILES string of the molecule is CCC1C(c2ccccc2)=NOC1C(=O)N1CC(C)(C)OC1=O. The van der Waals surface area contributed by atoms with E-state index in [9.17, 15) is 9.59 Å². The van der Waals surface area contributed by atoms with E-state index in [4.69, 9.17) is 9.57 Å². The third kappa shape index (κ3) is 2.81. The molecule has 23 heavy (non-hydrogen) atoms. The Bertz CT molecular complexity index is 654. The van der Waals surface area contributed by atoms with E-state index in [1.54, 1.807) is 13.8 Å². The van der Waals surface area contributed by atoms with Gasteiger partial charge in [-0.3, -0.25) is 4.79 Å². The molecule has 2 unspecified atom stereocenters. The van der Waals surface area contributed by atoms with Crippen molar-refractivity contribution in [2.75, 3.05) is 6.54 Å². The van der Waals surface area contributed by atoms with Crippen LogP contribution in [0, 0.1) is 5.92 Å². The number of cyclic esters (lactones) is 1. The molecule has 1 aromatic carbocycles. The summed E-state index contributed by atoms with van der Waals surface area (Å²) in [5.74, 6) is -0.566. The molecule has 0 spiro atoms. The summed E-state index contributed by atoms with van der Waals surface area (Å²) in [6, 6.07) is 9.63. The van der Waals surface area contributed by atoms with Crippen LogP contribution >= 0.6 is 0 Å². The van der Waals surface area contributed by atoms with Gasteiger partial charge in [0.25, 0.3) is 5.91 Å². The highest BCUT2D eigenvalue weighted by Crippen LogP contribution is 2.30.